The Balaban J connectivity index is 2.64. The highest BCUT2D eigenvalue weighted by Gasteiger charge is 2.22. The van der Waals surface area contributed by atoms with Crippen LogP contribution in [0.25, 0.3) is 0 Å². The molecule has 0 aliphatic heterocycles. The van der Waals surface area contributed by atoms with Crippen molar-refractivity contribution in [2.45, 2.75) is 38.6 Å². The predicted octanol–water partition coefficient (Wildman–Crippen LogP) is 3.25. The summed E-state index contributed by atoms with van der Waals surface area (Å²) in [6.07, 6.45) is 4.68. The number of hydrogen-bond acceptors (Lipinski definition) is 2. The van der Waals surface area contributed by atoms with Crippen LogP contribution in [-0.2, 0) is 12.8 Å². The van der Waals surface area contributed by atoms with Gasteiger partial charge in [-0.15, -0.1) is 0 Å². The van der Waals surface area contributed by atoms with Crippen molar-refractivity contribution in [2.75, 3.05) is 7.11 Å². The summed E-state index contributed by atoms with van der Waals surface area (Å²) < 4.78 is 5.39. The van der Waals surface area contributed by atoms with Gasteiger partial charge >= 0.3 is 0 Å². The minimum Gasteiger partial charge on any atom is -0.495 e. The minimum atomic E-state index is -0.0273. The number of aryl methyl sites for hydroxylation is 1. The first-order valence-electron chi connectivity index (χ1n) is 5.79. The molecular weight excluding hydrogens is 222 g/mol. The average Bonchev–Trinajstić information content (AvgIpc) is 2.26. The molecule has 16 heavy (non-hydrogen) atoms. The Hall–Kier alpha value is -0.730. The molecule has 3 heteroatoms. The number of methoxy groups -OCH3 is 1. The number of nitrogens with two attached hydrogens (primary N) is 1. The molecule has 0 saturated carbocycles. The van der Waals surface area contributed by atoms with Crippen molar-refractivity contribution < 1.29 is 4.74 Å². The van der Waals surface area contributed by atoms with Crippen LogP contribution in [0.2, 0.25) is 5.02 Å². The monoisotopic (exact) mass is 239 g/mol. The second-order valence-corrected chi connectivity index (χ2v) is 4.85. The summed E-state index contributed by atoms with van der Waals surface area (Å²) in [5, 5.41) is 0.690. The van der Waals surface area contributed by atoms with Crippen molar-refractivity contribution in [2.24, 2.45) is 5.73 Å². The van der Waals surface area contributed by atoms with Crippen molar-refractivity contribution >= 4 is 11.6 Å². The second kappa shape index (κ2) is 4.64. The zero-order valence-electron chi connectivity index (χ0n) is 9.85. The molecule has 0 bridgehead atoms. The Kier molecular flexibility index (Phi) is 3.41. The Morgan fingerprint density at radius 1 is 1.38 bits per heavy atom. The maximum absolute atomic E-state index is 6.23. The third-order valence-electron chi connectivity index (χ3n) is 3.26. The van der Waals surface area contributed by atoms with Gasteiger partial charge in [0.2, 0.25) is 0 Å². The summed E-state index contributed by atoms with van der Waals surface area (Å²) >= 11 is 6.23. The lowest BCUT2D eigenvalue weighted by molar-refractivity contribution is 0.405. The van der Waals surface area contributed by atoms with Gasteiger partial charge in [0.15, 0.2) is 0 Å². The van der Waals surface area contributed by atoms with E-state index >= 15 is 0 Å². The van der Waals surface area contributed by atoms with E-state index < -0.39 is 0 Å². The lowest BCUT2D eigenvalue weighted by atomic mass is 9.86. The molecule has 2 nitrogen and oxygen atoms in total. The van der Waals surface area contributed by atoms with Crippen molar-refractivity contribution in [1.29, 1.82) is 0 Å². The van der Waals surface area contributed by atoms with Gasteiger partial charge in [-0.2, -0.15) is 0 Å². The highest BCUT2D eigenvalue weighted by molar-refractivity contribution is 6.32. The van der Waals surface area contributed by atoms with Crippen LogP contribution in [-0.4, -0.2) is 7.11 Å². The molecule has 1 aromatic carbocycles. The molecule has 0 aromatic heterocycles. The largest absolute Gasteiger partial charge is 0.495 e. The van der Waals surface area contributed by atoms with E-state index in [1.807, 2.05) is 13.0 Å². The number of fused-ring (bicyclic) bond motifs is 1. The molecular formula is C13H18ClNO. The Labute approximate surface area is 102 Å². The van der Waals surface area contributed by atoms with Gasteiger partial charge in [0.05, 0.1) is 12.1 Å². The highest BCUT2D eigenvalue weighted by atomic mass is 35.5. The van der Waals surface area contributed by atoms with Gasteiger partial charge in [0.25, 0.3) is 0 Å². The van der Waals surface area contributed by atoms with E-state index in [1.165, 1.54) is 24.0 Å². The molecule has 1 atom stereocenters. The van der Waals surface area contributed by atoms with Gasteiger partial charge < -0.3 is 10.5 Å². The lowest BCUT2D eigenvalue weighted by Gasteiger charge is -2.24. The van der Waals surface area contributed by atoms with Crippen molar-refractivity contribution in [3.05, 3.63) is 27.8 Å². The summed E-state index contributed by atoms with van der Waals surface area (Å²) in [4.78, 5) is 0. The number of rotatable bonds is 2. The maximum Gasteiger partial charge on any atom is 0.142 e. The van der Waals surface area contributed by atoms with E-state index in [9.17, 15) is 0 Å². The molecule has 0 heterocycles. The summed E-state index contributed by atoms with van der Waals surface area (Å²) in [5.74, 6) is 0.761. The zero-order chi connectivity index (χ0) is 11.7. The molecule has 1 unspecified atom stereocenters. The fourth-order valence-corrected chi connectivity index (χ4v) is 2.88. The van der Waals surface area contributed by atoms with E-state index in [4.69, 9.17) is 22.1 Å². The SMILES string of the molecule is COc1c(Cl)cc2c(c1C(C)N)CCCC2. The maximum atomic E-state index is 6.23. The summed E-state index contributed by atoms with van der Waals surface area (Å²) in [5.41, 5.74) is 9.86. The van der Waals surface area contributed by atoms with E-state index in [-0.39, 0.29) is 6.04 Å². The van der Waals surface area contributed by atoms with Gasteiger partial charge in [-0.1, -0.05) is 11.6 Å². The molecule has 1 aliphatic carbocycles. The summed E-state index contributed by atoms with van der Waals surface area (Å²) in [6, 6.07) is 2.02. The standard InChI is InChI=1S/C13H18ClNO/c1-8(15)12-10-6-4-3-5-9(10)7-11(14)13(12)16-2/h7-8H,3-6,15H2,1-2H3. The quantitative estimate of drug-likeness (QED) is 0.860. The molecule has 1 aromatic rings. The molecule has 2 N–H and O–H groups in total. The fraction of sp³-hybridized carbons (Fsp3) is 0.538. The number of ether oxygens (including phenoxy) is 1. The van der Waals surface area contributed by atoms with Crippen LogP contribution in [0.5, 0.6) is 5.75 Å². The first-order valence-corrected chi connectivity index (χ1v) is 6.16. The molecule has 1 aliphatic rings. The van der Waals surface area contributed by atoms with E-state index in [2.05, 4.69) is 0 Å². The summed E-state index contributed by atoms with van der Waals surface area (Å²) in [7, 11) is 1.66. The van der Waals surface area contributed by atoms with E-state index in [0.717, 1.165) is 24.2 Å². The molecule has 0 saturated heterocycles. The Morgan fingerprint density at radius 2 is 2.06 bits per heavy atom. The topological polar surface area (TPSA) is 35.2 Å². The number of halogens is 1. The van der Waals surface area contributed by atoms with Gasteiger partial charge in [0.1, 0.15) is 5.75 Å². The molecule has 0 amide bonds. The van der Waals surface area contributed by atoms with E-state index in [1.54, 1.807) is 7.11 Å². The smallest absolute Gasteiger partial charge is 0.142 e. The third kappa shape index (κ3) is 1.92. The van der Waals surface area contributed by atoms with Crippen LogP contribution in [0.15, 0.2) is 6.07 Å². The normalized spacial score (nSPS) is 16.8. The second-order valence-electron chi connectivity index (χ2n) is 4.44. The van der Waals surface area contributed by atoms with Gasteiger partial charge in [-0.25, -0.2) is 0 Å². The van der Waals surface area contributed by atoms with E-state index in [0.29, 0.717) is 5.02 Å². The van der Waals surface area contributed by atoms with Crippen molar-refractivity contribution in [1.82, 2.24) is 0 Å². The molecule has 0 radical (unpaired) electrons. The summed E-state index contributed by atoms with van der Waals surface area (Å²) in [6.45, 7) is 1.99. The number of hydrogen-bond donors (Lipinski definition) is 1. The Morgan fingerprint density at radius 3 is 2.69 bits per heavy atom. The van der Waals surface area contributed by atoms with Crippen LogP contribution in [0.1, 0.15) is 42.5 Å². The van der Waals surface area contributed by atoms with Crippen LogP contribution in [0.4, 0.5) is 0 Å². The highest BCUT2D eigenvalue weighted by Crippen LogP contribution is 2.39. The number of benzene rings is 1. The van der Waals surface area contributed by atoms with Gasteiger partial charge in [0, 0.05) is 11.6 Å². The predicted molar refractivity (Wildman–Crippen MR) is 67.2 cm³/mol. The van der Waals surface area contributed by atoms with Crippen molar-refractivity contribution in [3.8, 4) is 5.75 Å². The Bertz CT molecular complexity index is 401. The van der Waals surface area contributed by atoms with Crippen LogP contribution >= 0.6 is 11.6 Å². The van der Waals surface area contributed by atoms with Gasteiger partial charge in [-0.3, -0.25) is 0 Å². The van der Waals surface area contributed by atoms with Crippen molar-refractivity contribution in [3.63, 3.8) is 0 Å². The van der Waals surface area contributed by atoms with Crippen LogP contribution in [0, 0.1) is 0 Å². The first kappa shape index (κ1) is 11.7. The average molecular weight is 240 g/mol. The van der Waals surface area contributed by atoms with Crippen LogP contribution < -0.4 is 10.5 Å². The van der Waals surface area contributed by atoms with Gasteiger partial charge in [-0.05, 0) is 49.8 Å². The zero-order valence-corrected chi connectivity index (χ0v) is 10.6. The fourth-order valence-electron chi connectivity index (χ4n) is 2.57. The molecule has 88 valence electrons. The molecule has 0 fully saturated rings. The van der Waals surface area contributed by atoms with Crippen LogP contribution in [0.3, 0.4) is 0 Å². The molecule has 0 spiro atoms. The lowest BCUT2D eigenvalue weighted by Crippen LogP contribution is -2.15. The first-order chi connectivity index (χ1) is 7.65. The third-order valence-corrected chi connectivity index (χ3v) is 3.54. The minimum absolute atomic E-state index is 0.0273. The molecule has 2 rings (SSSR count).